The maximum absolute atomic E-state index is 12.3. The van der Waals surface area contributed by atoms with Crippen LogP contribution < -0.4 is 5.32 Å². The highest BCUT2D eigenvalue weighted by Gasteiger charge is 2.17. The number of allylic oxidation sites excluding steroid dienone is 5. The van der Waals surface area contributed by atoms with E-state index in [4.69, 9.17) is 0 Å². The zero-order chi connectivity index (χ0) is 32.9. The summed E-state index contributed by atoms with van der Waals surface area (Å²) < 4.78 is 0. The lowest BCUT2D eigenvalue weighted by molar-refractivity contribution is -0.123. The number of carbonyl (C=O) groups excluding carboxylic acids is 1. The van der Waals surface area contributed by atoms with E-state index in [9.17, 15) is 15.0 Å². The van der Waals surface area contributed by atoms with Crippen molar-refractivity contribution < 1.29 is 15.0 Å². The fourth-order valence-corrected chi connectivity index (χ4v) is 5.78. The van der Waals surface area contributed by atoms with Gasteiger partial charge in [-0.25, -0.2) is 0 Å². The number of aliphatic hydroxyl groups excluding tert-OH is 2. The van der Waals surface area contributed by atoms with Gasteiger partial charge in [0.2, 0.25) is 5.91 Å². The molecule has 0 radical (unpaired) electrons. The molecule has 264 valence electrons. The normalized spacial score (nSPS) is 13.4. The predicted molar refractivity (Wildman–Crippen MR) is 198 cm³/mol. The second-order valence-electron chi connectivity index (χ2n) is 13.3. The van der Waals surface area contributed by atoms with Crippen LogP contribution in [0.4, 0.5) is 0 Å². The molecule has 0 aliphatic rings. The van der Waals surface area contributed by atoms with Crippen LogP contribution in [-0.4, -0.2) is 34.9 Å². The van der Waals surface area contributed by atoms with Crippen molar-refractivity contribution in [1.82, 2.24) is 5.32 Å². The molecular formula is C41H77NO3. The first-order chi connectivity index (χ1) is 22.2. The largest absolute Gasteiger partial charge is 0.394 e. The number of amides is 1. The molecule has 0 rings (SSSR count). The molecule has 0 aliphatic carbocycles. The summed E-state index contributed by atoms with van der Waals surface area (Å²) in [6, 6.07) is -0.637. The average molecular weight is 632 g/mol. The molecule has 2 unspecified atom stereocenters. The number of hydrogen-bond acceptors (Lipinski definition) is 3. The van der Waals surface area contributed by atoms with Crippen molar-refractivity contribution in [2.45, 2.75) is 212 Å². The maximum Gasteiger partial charge on any atom is 0.220 e. The second kappa shape index (κ2) is 37.1. The molecule has 0 heterocycles. The van der Waals surface area contributed by atoms with Crippen LogP contribution in [0.15, 0.2) is 36.5 Å². The SMILES string of the molecule is CCCCC/C=C/CC/C=C/C(O)C(CO)NC(=O)CCCCCCCCCC/C=C\CCCCCCCCCCCCCC. The van der Waals surface area contributed by atoms with Crippen LogP contribution in [0, 0.1) is 0 Å². The Bertz CT molecular complexity index is 686. The molecule has 45 heavy (non-hydrogen) atoms. The molecule has 0 bridgehead atoms. The fourth-order valence-electron chi connectivity index (χ4n) is 5.78. The van der Waals surface area contributed by atoms with Gasteiger partial charge in [0, 0.05) is 6.42 Å². The lowest BCUT2D eigenvalue weighted by Crippen LogP contribution is -2.45. The minimum absolute atomic E-state index is 0.0802. The van der Waals surface area contributed by atoms with Gasteiger partial charge in [-0.05, 0) is 57.8 Å². The third-order valence-electron chi connectivity index (χ3n) is 8.85. The number of aliphatic hydroxyl groups is 2. The standard InChI is InChI=1S/C41H77NO3/c1-3-5-7-9-11-13-14-15-16-17-18-19-20-21-22-23-24-25-26-27-29-31-33-35-37-41(45)42-39(38-43)40(44)36-34-32-30-28-12-10-8-6-4-2/h12,21-22,28,34,36,39-40,43-44H,3-11,13-20,23-27,29-33,35,37-38H2,1-2H3,(H,42,45)/b22-21-,28-12+,36-34+. The van der Waals surface area contributed by atoms with Crippen LogP contribution in [0.2, 0.25) is 0 Å². The number of nitrogens with one attached hydrogen (secondary N) is 1. The molecule has 1 amide bonds. The van der Waals surface area contributed by atoms with Gasteiger partial charge in [0.1, 0.15) is 0 Å². The van der Waals surface area contributed by atoms with E-state index in [1.165, 1.54) is 148 Å². The van der Waals surface area contributed by atoms with Crippen molar-refractivity contribution in [3.8, 4) is 0 Å². The summed E-state index contributed by atoms with van der Waals surface area (Å²) in [7, 11) is 0. The second-order valence-corrected chi connectivity index (χ2v) is 13.3. The summed E-state index contributed by atoms with van der Waals surface area (Å²) in [4.78, 5) is 12.3. The molecule has 0 aromatic heterocycles. The van der Waals surface area contributed by atoms with E-state index in [0.717, 1.165) is 32.1 Å². The van der Waals surface area contributed by atoms with E-state index in [0.29, 0.717) is 6.42 Å². The smallest absolute Gasteiger partial charge is 0.220 e. The van der Waals surface area contributed by atoms with E-state index in [1.807, 2.05) is 6.08 Å². The van der Waals surface area contributed by atoms with Gasteiger partial charge >= 0.3 is 0 Å². The first kappa shape index (κ1) is 43.6. The van der Waals surface area contributed by atoms with Gasteiger partial charge in [0.05, 0.1) is 18.8 Å². The van der Waals surface area contributed by atoms with Crippen LogP contribution in [-0.2, 0) is 4.79 Å². The first-order valence-corrected chi connectivity index (χ1v) is 19.7. The van der Waals surface area contributed by atoms with Gasteiger partial charge < -0.3 is 15.5 Å². The third kappa shape index (κ3) is 33.8. The first-order valence-electron chi connectivity index (χ1n) is 19.7. The molecule has 0 fully saturated rings. The molecule has 3 N–H and O–H groups in total. The number of rotatable bonds is 35. The molecule has 0 aromatic carbocycles. The molecule has 0 saturated heterocycles. The predicted octanol–water partition coefficient (Wildman–Crippen LogP) is 11.8. The molecule has 0 aromatic rings. The lowest BCUT2D eigenvalue weighted by Gasteiger charge is -2.19. The zero-order valence-electron chi connectivity index (χ0n) is 30.1. The van der Waals surface area contributed by atoms with Crippen LogP contribution >= 0.6 is 0 Å². The van der Waals surface area contributed by atoms with Crippen molar-refractivity contribution in [2.75, 3.05) is 6.61 Å². The van der Waals surface area contributed by atoms with Gasteiger partial charge in [0.15, 0.2) is 0 Å². The number of carbonyl (C=O) groups is 1. The van der Waals surface area contributed by atoms with Crippen LogP contribution in [0.1, 0.15) is 200 Å². The quantitative estimate of drug-likeness (QED) is 0.0481. The van der Waals surface area contributed by atoms with Gasteiger partial charge in [-0.1, -0.05) is 172 Å². The summed E-state index contributed by atoms with van der Waals surface area (Å²) >= 11 is 0. The molecule has 2 atom stereocenters. The summed E-state index contributed by atoms with van der Waals surface area (Å²) in [5, 5.41) is 22.8. The van der Waals surface area contributed by atoms with Gasteiger partial charge in [0.25, 0.3) is 0 Å². The fraction of sp³-hybridized carbons (Fsp3) is 0.829. The number of hydrogen-bond donors (Lipinski definition) is 3. The monoisotopic (exact) mass is 632 g/mol. The summed E-state index contributed by atoms with van der Waals surface area (Å²) in [5.74, 6) is -0.0802. The molecular weight excluding hydrogens is 554 g/mol. The molecule has 0 saturated carbocycles. The Hall–Kier alpha value is -1.39. The van der Waals surface area contributed by atoms with Gasteiger partial charge in [-0.15, -0.1) is 0 Å². The summed E-state index contributed by atoms with van der Waals surface area (Å²) in [6.45, 7) is 4.24. The number of unbranched alkanes of at least 4 members (excludes halogenated alkanes) is 24. The summed E-state index contributed by atoms with van der Waals surface area (Å²) in [6.07, 6.45) is 48.2. The van der Waals surface area contributed by atoms with Crippen molar-refractivity contribution in [1.29, 1.82) is 0 Å². The van der Waals surface area contributed by atoms with Crippen LogP contribution in [0.5, 0.6) is 0 Å². The minimum Gasteiger partial charge on any atom is -0.394 e. The highest BCUT2D eigenvalue weighted by Crippen LogP contribution is 2.14. The van der Waals surface area contributed by atoms with E-state index >= 15 is 0 Å². The molecule has 4 nitrogen and oxygen atoms in total. The third-order valence-corrected chi connectivity index (χ3v) is 8.85. The van der Waals surface area contributed by atoms with Crippen molar-refractivity contribution in [3.05, 3.63) is 36.5 Å². The molecule has 4 heteroatoms. The van der Waals surface area contributed by atoms with E-state index in [-0.39, 0.29) is 12.5 Å². The average Bonchev–Trinajstić information content (AvgIpc) is 3.04. The Labute approximate surface area is 281 Å². The summed E-state index contributed by atoms with van der Waals surface area (Å²) in [5.41, 5.74) is 0. The van der Waals surface area contributed by atoms with Crippen molar-refractivity contribution in [2.24, 2.45) is 0 Å². The zero-order valence-corrected chi connectivity index (χ0v) is 30.1. The maximum atomic E-state index is 12.3. The minimum atomic E-state index is -0.859. The van der Waals surface area contributed by atoms with Gasteiger partial charge in [-0.2, -0.15) is 0 Å². The van der Waals surface area contributed by atoms with Gasteiger partial charge in [-0.3, -0.25) is 4.79 Å². The lowest BCUT2D eigenvalue weighted by atomic mass is 10.0. The van der Waals surface area contributed by atoms with Crippen molar-refractivity contribution in [3.63, 3.8) is 0 Å². The Morgan fingerprint density at radius 1 is 0.511 bits per heavy atom. The molecule has 0 aliphatic heterocycles. The van der Waals surface area contributed by atoms with E-state index in [2.05, 4.69) is 43.5 Å². The Morgan fingerprint density at radius 2 is 0.867 bits per heavy atom. The van der Waals surface area contributed by atoms with Crippen LogP contribution in [0.3, 0.4) is 0 Å². The van der Waals surface area contributed by atoms with Crippen LogP contribution in [0.25, 0.3) is 0 Å². The van der Waals surface area contributed by atoms with Crippen molar-refractivity contribution >= 4 is 5.91 Å². The van der Waals surface area contributed by atoms with E-state index in [1.54, 1.807) is 6.08 Å². The van der Waals surface area contributed by atoms with E-state index < -0.39 is 12.1 Å². The Balaban J connectivity index is 3.53. The highest BCUT2D eigenvalue weighted by molar-refractivity contribution is 5.76. The Kier molecular flexibility index (Phi) is 35.9. The highest BCUT2D eigenvalue weighted by atomic mass is 16.3. The molecule has 0 spiro atoms. The topological polar surface area (TPSA) is 69.6 Å². The Morgan fingerprint density at radius 3 is 1.33 bits per heavy atom.